The van der Waals surface area contributed by atoms with Gasteiger partial charge in [0, 0.05) is 19.1 Å². The number of hydrogen-bond acceptors (Lipinski definition) is 2. The van der Waals surface area contributed by atoms with E-state index in [1.165, 1.54) is 12.8 Å². The normalized spacial score (nSPS) is 22.5. The van der Waals surface area contributed by atoms with Crippen LogP contribution in [0.1, 0.15) is 52.4 Å². The molecule has 4 nitrogen and oxygen atoms in total. The molecule has 0 radical (unpaired) electrons. The number of rotatable bonds is 3. The lowest BCUT2D eigenvalue weighted by molar-refractivity contribution is -0.144. The van der Waals surface area contributed by atoms with Gasteiger partial charge in [0.05, 0.1) is 0 Å². The van der Waals surface area contributed by atoms with E-state index in [9.17, 15) is 9.59 Å². The van der Waals surface area contributed by atoms with E-state index in [2.05, 4.69) is 5.32 Å². The van der Waals surface area contributed by atoms with Gasteiger partial charge in [-0.2, -0.15) is 0 Å². The topological polar surface area (TPSA) is 49.4 Å². The van der Waals surface area contributed by atoms with Crippen LogP contribution in [0.4, 0.5) is 0 Å². The molecule has 0 unspecified atom stereocenters. The molecular weight excluding hydrogens is 228 g/mol. The zero-order valence-electron chi connectivity index (χ0n) is 11.5. The molecule has 2 amide bonds. The minimum absolute atomic E-state index is 0.0632. The number of carbonyl (C=O) groups excluding carboxylic acids is 2. The Labute approximate surface area is 109 Å². The summed E-state index contributed by atoms with van der Waals surface area (Å²) < 4.78 is 0. The molecule has 0 aromatic heterocycles. The van der Waals surface area contributed by atoms with E-state index < -0.39 is 5.41 Å². The molecule has 4 heteroatoms. The highest BCUT2D eigenvalue weighted by molar-refractivity contribution is 6.07. The van der Waals surface area contributed by atoms with Crippen molar-refractivity contribution in [2.45, 2.75) is 58.4 Å². The quantitative estimate of drug-likeness (QED) is 0.777. The largest absolute Gasteiger partial charge is 0.353 e. The van der Waals surface area contributed by atoms with E-state index in [1.54, 1.807) is 0 Å². The Bertz CT molecular complexity index is 327. The first-order valence-corrected chi connectivity index (χ1v) is 7.16. The Kier molecular flexibility index (Phi) is 3.93. The number of nitrogens with zero attached hydrogens (tertiary/aromatic N) is 1. The van der Waals surface area contributed by atoms with Crippen LogP contribution in [0.5, 0.6) is 0 Å². The molecule has 2 rings (SSSR count). The summed E-state index contributed by atoms with van der Waals surface area (Å²) in [4.78, 5) is 26.6. The summed E-state index contributed by atoms with van der Waals surface area (Å²) >= 11 is 0. The highest BCUT2D eigenvalue weighted by atomic mass is 16.2. The summed E-state index contributed by atoms with van der Waals surface area (Å²) in [7, 11) is 0. The Morgan fingerprint density at radius 2 is 1.61 bits per heavy atom. The van der Waals surface area contributed by atoms with Crippen molar-refractivity contribution in [2.75, 3.05) is 13.1 Å². The van der Waals surface area contributed by atoms with Gasteiger partial charge in [-0.1, -0.05) is 12.8 Å². The van der Waals surface area contributed by atoms with E-state index in [0.717, 1.165) is 38.8 Å². The third kappa shape index (κ3) is 2.68. The molecule has 2 fully saturated rings. The molecule has 1 aliphatic heterocycles. The summed E-state index contributed by atoms with van der Waals surface area (Å²) in [5, 5.41) is 2.89. The number of likely N-dealkylation sites (tertiary alicyclic amines) is 1. The summed E-state index contributed by atoms with van der Waals surface area (Å²) in [6, 6.07) is 0.104. The monoisotopic (exact) mass is 252 g/mol. The Hall–Kier alpha value is -1.06. The predicted octanol–water partition coefficient (Wildman–Crippen LogP) is 1.69. The third-order valence-corrected chi connectivity index (χ3v) is 3.91. The van der Waals surface area contributed by atoms with Gasteiger partial charge in [-0.15, -0.1) is 0 Å². The molecule has 18 heavy (non-hydrogen) atoms. The first-order valence-electron chi connectivity index (χ1n) is 7.16. The molecule has 2 aliphatic rings. The van der Waals surface area contributed by atoms with E-state index in [4.69, 9.17) is 0 Å². The van der Waals surface area contributed by atoms with Gasteiger partial charge >= 0.3 is 0 Å². The number of carbonyl (C=O) groups is 2. The van der Waals surface area contributed by atoms with Gasteiger partial charge in [-0.3, -0.25) is 9.59 Å². The smallest absolute Gasteiger partial charge is 0.238 e. The van der Waals surface area contributed by atoms with Crippen molar-refractivity contribution in [1.29, 1.82) is 0 Å². The van der Waals surface area contributed by atoms with Crippen molar-refractivity contribution in [3.63, 3.8) is 0 Å². The second kappa shape index (κ2) is 5.29. The van der Waals surface area contributed by atoms with Crippen molar-refractivity contribution < 1.29 is 9.59 Å². The molecule has 0 bridgehead atoms. The minimum Gasteiger partial charge on any atom is -0.353 e. The molecule has 0 spiro atoms. The summed E-state index contributed by atoms with van der Waals surface area (Å²) in [5.41, 5.74) is -0.714. The van der Waals surface area contributed by atoms with Crippen molar-refractivity contribution >= 4 is 11.8 Å². The van der Waals surface area contributed by atoms with Crippen LogP contribution >= 0.6 is 0 Å². The van der Waals surface area contributed by atoms with Crippen LogP contribution in [-0.2, 0) is 9.59 Å². The lowest BCUT2D eigenvalue weighted by atomic mass is 10.0. The van der Waals surface area contributed by atoms with Crippen LogP contribution in [0.2, 0.25) is 0 Å². The number of nitrogens with one attached hydrogen (secondary N) is 1. The highest BCUT2D eigenvalue weighted by Crippen LogP contribution is 2.47. The zero-order chi connectivity index (χ0) is 13.2. The summed E-state index contributed by atoms with van der Waals surface area (Å²) in [5.74, 6) is 0.00861. The van der Waals surface area contributed by atoms with E-state index in [-0.39, 0.29) is 17.9 Å². The second-order valence-corrected chi connectivity index (χ2v) is 5.92. The van der Waals surface area contributed by atoms with Gasteiger partial charge < -0.3 is 10.2 Å². The van der Waals surface area contributed by atoms with Gasteiger partial charge in [-0.25, -0.2) is 0 Å². The number of hydrogen-bond donors (Lipinski definition) is 1. The van der Waals surface area contributed by atoms with Crippen LogP contribution in [0.3, 0.4) is 0 Å². The molecule has 0 atom stereocenters. The van der Waals surface area contributed by atoms with Gasteiger partial charge in [-0.05, 0) is 39.5 Å². The minimum atomic E-state index is -0.714. The van der Waals surface area contributed by atoms with Gasteiger partial charge in [0.1, 0.15) is 5.41 Å². The van der Waals surface area contributed by atoms with E-state index >= 15 is 0 Å². The maximum Gasteiger partial charge on any atom is 0.238 e. The first kappa shape index (κ1) is 13.4. The zero-order valence-corrected chi connectivity index (χ0v) is 11.5. The van der Waals surface area contributed by atoms with Gasteiger partial charge in [0.25, 0.3) is 0 Å². The SMILES string of the molecule is CC(C)NC(=O)C1(C(=O)N2CCCCCC2)CC1. The molecule has 1 saturated heterocycles. The Balaban J connectivity index is 2.00. The molecule has 0 aromatic rings. The molecule has 1 heterocycles. The Morgan fingerprint density at radius 1 is 1.06 bits per heavy atom. The lowest BCUT2D eigenvalue weighted by Crippen LogP contribution is -2.47. The van der Waals surface area contributed by atoms with Crippen molar-refractivity contribution in [3.05, 3.63) is 0 Å². The highest BCUT2D eigenvalue weighted by Gasteiger charge is 2.57. The summed E-state index contributed by atoms with van der Waals surface area (Å²) in [6.45, 7) is 5.53. The van der Waals surface area contributed by atoms with Crippen LogP contribution < -0.4 is 5.32 Å². The molecule has 1 N–H and O–H groups in total. The predicted molar refractivity (Wildman–Crippen MR) is 70.0 cm³/mol. The van der Waals surface area contributed by atoms with Crippen LogP contribution in [0, 0.1) is 5.41 Å². The van der Waals surface area contributed by atoms with Crippen LogP contribution in [0.15, 0.2) is 0 Å². The maximum atomic E-state index is 12.5. The Morgan fingerprint density at radius 3 is 2.06 bits per heavy atom. The molecular formula is C14H24N2O2. The van der Waals surface area contributed by atoms with Gasteiger partial charge in [0.15, 0.2) is 0 Å². The third-order valence-electron chi connectivity index (χ3n) is 3.91. The lowest BCUT2D eigenvalue weighted by Gasteiger charge is -2.26. The molecule has 1 saturated carbocycles. The summed E-state index contributed by atoms with van der Waals surface area (Å²) in [6.07, 6.45) is 6.01. The van der Waals surface area contributed by atoms with Crippen molar-refractivity contribution in [2.24, 2.45) is 5.41 Å². The maximum absolute atomic E-state index is 12.5. The molecule has 1 aliphatic carbocycles. The fourth-order valence-electron chi connectivity index (χ4n) is 2.64. The van der Waals surface area contributed by atoms with E-state index in [0.29, 0.717) is 0 Å². The number of amides is 2. The van der Waals surface area contributed by atoms with Crippen LogP contribution in [0.25, 0.3) is 0 Å². The van der Waals surface area contributed by atoms with Crippen molar-refractivity contribution in [3.8, 4) is 0 Å². The standard InChI is InChI=1S/C14H24N2O2/c1-11(2)15-12(17)14(7-8-14)13(18)16-9-5-3-4-6-10-16/h11H,3-10H2,1-2H3,(H,15,17). The fourth-order valence-corrected chi connectivity index (χ4v) is 2.64. The molecule has 0 aromatic carbocycles. The van der Waals surface area contributed by atoms with E-state index in [1.807, 2.05) is 18.7 Å². The van der Waals surface area contributed by atoms with Gasteiger partial charge in [0.2, 0.25) is 11.8 Å². The average molecular weight is 252 g/mol. The van der Waals surface area contributed by atoms with Crippen molar-refractivity contribution in [1.82, 2.24) is 10.2 Å². The first-order chi connectivity index (χ1) is 8.56. The van der Waals surface area contributed by atoms with Crippen LogP contribution in [-0.4, -0.2) is 35.8 Å². The second-order valence-electron chi connectivity index (χ2n) is 5.92. The average Bonchev–Trinajstić information content (AvgIpc) is 3.13. The fraction of sp³-hybridized carbons (Fsp3) is 0.857. The molecule has 102 valence electrons.